The molecule has 0 aliphatic carbocycles. The van der Waals surface area contributed by atoms with E-state index in [1.807, 2.05) is 0 Å². The summed E-state index contributed by atoms with van der Waals surface area (Å²) in [6.07, 6.45) is 2.05. The van der Waals surface area contributed by atoms with Gasteiger partial charge in [0.05, 0.1) is 6.04 Å². The maximum Gasteiger partial charge on any atom is 0.124 e. The third-order valence-corrected chi connectivity index (χ3v) is 3.92. The number of aryl methyl sites for hydroxylation is 1. The fourth-order valence-electron chi connectivity index (χ4n) is 2.38. The average molecular weight is 306 g/mol. The second-order valence-electron chi connectivity index (χ2n) is 5.15. The third kappa shape index (κ3) is 4.05. The highest BCUT2D eigenvalue weighted by Gasteiger charge is 2.16. The molecule has 0 aliphatic rings. The minimum atomic E-state index is -0.306. The Balaban J connectivity index is 2.36. The largest absolute Gasteiger partial charge is 0.306 e. The predicted octanol–water partition coefficient (Wildman–Crippen LogP) is 5.13. The van der Waals surface area contributed by atoms with Crippen LogP contribution in [0.2, 0.25) is 5.02 Å². The Morgan fingerprint density at radius 1 is 1.10 bits per heavy atom. The quantitative estimate of drug-likeness (QED) is 0.780. The van der Waals surface area contributed by atoms with Crippen molar-refractivity contribution in [3.05, 3.63) is 70.0 Å². The van der Waals surface area contributed by atoms with Crippen LogP contribution in [0.1, 0.15) is 43.0 Å². The lowest BCUT2D eigenvalue weighted by Gasteiger charge is -2.21. The summed E-state index contributed by atoms with van der Waals surface area (Å²) < 4.78 is 13.3. The van der Waals surface area contributed by atoms with E-state index in [9.17, 15) is 4.39 Å². The van der Waals surface area contributed by atoms with Gasteiger partial charge in [-0.25, -0.2) is 4.39 Å². The molecule has 0 aromatic heterocycles. The number of halogens is 2. The zero-order valence-corrected chi connectivity index (χ0v) is 13.3. The van der Waals surface area contributed by atoms with E-state index in [1.54, 1.807) is 6.07 Å². The van der Waals surface area contributed by atoms with E-state index in [4.69, 9.17) is 11.6 Å². The van der Waals surface area contributed by atoms with Crippen LogP contribution in [0.4, 0.5) is 4.39 Å². The summed E-state index contributed by atoms with van der Waals surface area (Å²) in [5, 5.41) is 3.95. The first-order valence-corrected chi connectivity index (χ1v) is 7.80. The number of benzene rings is 2. The molecule has 0 aliphatic heterocycles. The molecule has 0 saturated carbocycles. The average Bonchev–Trinajstić information content (AvgIpc) is 2.50. The van der Waals surface area contributed by atoms with Crippen LogP contribution in [0.3, 0.4) is 0 Å². The molecule has 1 unspecified atom stereocenters. The van der Waals surface area contributed by atoms with Gasteiger partial charge in [-0.05, 0) is 48.2 Å². The molecular weight excluding hydrogens is 285 g/mol. The van der Waals surface area contributed by atoms with Crippen molar-refractivity contribution in [2.24, 2.45) is 0 Å². The van der Waals surface area contributed by atoms with Gasteiger partial charge >= 0.3 is 0 Å². The summed E-state index contributed by atoms with van der Waals surface area (Å²) in [5.41, 5.74) is 3.36. The lowest BCUT2D eigenvalue weighted by atomic mass is 9.97. The van der Waals surface area contributed by atoms with Crippen LogP contribution in [0, 0.1) is 5.82 Å². The van der Waals surface area contributed by atoms with Crippen LogP contribution >= 0.6 is 11.6 Å². The van der Waals surface area contributed by atoms with Crippen LogP contribution in [-0.4, -0.2) is 6.54 Å². The van der Waals surface area contributed by atoms with Crippen molar-refractivity contribution >= 4 is 11.6 Å². The third-order valence-electron chi connectivity index (χ3n) is 3.59. The van der Waals surface area contributed by atoms with Crippen molar-refractivity contribution in [3.63, 3.8) is 0 Å². The first kappa shape index (κ1) is 16.0. The molecule has 2 rings (SSSR count). The number of nitrogens with one attached hydrogen (secondary N) is 1. The summed E-state index contributed by atoms with van der Waals surface area (Å²) in [4.78, 5) is 0. The summed E-state index contributed by atoms with van der Waals surface area (Å²) >= 11 is 6.23. The Bertz CT molecular complexity index is 580. The van der Waals surface area contributed by atoms with Crippen molar-refractivity contribution in [1.29, 1.82) is 0 Å². The summed E-state index contributed by atoms with van der Waals surface area (Å²) in [6.45, 7) is 5.14. The van der Waals surface area contributed by atoms with E-state index >= 15 is 0 Å². The Morgan fingerprint density at radius 2 is 1.81 bits per heavy atom. The molecule has 1 nitrogen and oxygen atoms in total. The van der Waals surface area contributed by atoms with Crippen LogP contribution in [0.15, 0.2) is 42.5 Å². The molecular formula is C18H21ClFN. The van der Waals surface area contributed by atoms with Gasteiger partial charge in [0.25, 0.3) is 0 Å². The number of hydrogen-bond acceptors (Lipinski definition) is 1. The second kappa shape index (κ2) is 7.58. The van der Waals surface area contributed by atoms with Crippen molar-refractivity contribution in [1.82, 2.24) is 5.32 Å². The SMILES string of the molecule is CCCNC(c1ccc(CC)cc1)c1ccc(F)cc1Cl. The zero-order valence-electron chi connectivity index (χ0n) is 12.5. The highest BCUT2D eigenvalue weighted by atomic mass is 35.5. The molecule has 0 bridgehead atoms. The van der Waals surface area contributed by atoms with Gasteiger partial charge in [-0.1, -0.05) is 55.8 Å². The van der Waals surface area contributed by atoms with E-state index in [1.165, 1.54) is 17.7 Å². The van der Waals surface area contributed by atoms with E-state index < -0.39 is 0 Å². The summed E-state index contributed by atoms with van der Waals surface area (Å²) in [7, 11) is 0. The van der Waals surface area contributed by atoms with Crippen LogP contribution in [0.5, 0.6) is 0 Å². The molecule has 0 spiro atoms. The predicted molar refractivity (Wildman–Crippen MR) is 87.4 cm³/mol. The normalized spacial score (nSPS) is 12.4. The van der Waals surface area contributed by atoms with Gasteiger partial charge in [0.1, 0.15) is 5.82 Å². The van der Waals surface area contributed by atoms with Crippen LogP contribution < -0.4 is 5.32 Å². The van der Waals surface area contributed by atoms with Crippen molar-refractivity contribution < 1.29 is 4.39 Å². The molecule has 1 N–H and O–H groups in total. The van der Waals surface area contributed by atoms with Gasteiger partial charge in [0.2, 0.25) is 0 Å². The Morgan fingerprint density at radius 3 is 2.38 bits per heavy atom. The number of hydrogen-bond donors (Lipinski definition) is 1. The molecule has 21 heavy (non-hydrogen) atoms. The topological polar surface area (TPSA) is 12.0 Å². The minimum Gasteiger partial charge on any atom is -0.306 e. The maximum atomic E-state index is 13.3. The molecule has 0 heterocycles. The lowest BCUT2D eigenvalue weighted by Crippen LogP contribution is -2.23. The molecule has 0 fully saturated rings. The highest BCUT2D eigenvalue weighted by molar-refractivity contribution is 6.31. The minimum absolute atomic E-state index is 0.0102. The van der Waals surface area contributed by atoms with E-state index in [-0.39, 0.29) is 11.9 Å². The highest BCUT2D eigenvalue weighted by Crippen LogP contribution is 2.29. The molecule has 2 aromatic carbocycles. The van der Waals surface area contributed by atoms with Crippen molar-refractivity contribution in [3.8, 4) is 0 Å². The molecule has 2 aromatic rings. The van der Waals surface area contributed by atoms with Crippen molar-refractivity contribution in [2.75, 3.05) is 6.54 Å². The lowest BCUT2D eigenvalue weighted by molar-refractivity contribution is 0.593. The molecule has 1 atom stereocenters. The standard InChI is InChI=1S/C18H21ClFN/c1-3-11-21-18(14-7-5-13(4-2)6-8-14)16-10-9-15(20)12-17(16)19/h5-10,12,18,21H,3-4,11H2,1-2H3. The van der Waals surface area contributed by atoms with E-state index in [0.29, 0.717) is 5.02 Å². The van der Waals surface area contributed by atoms with E-state index in [2.05, 4.69) is 43.4 Å². The molecule has 3 heteroatoms. The van der Waals surface area contributed by atoms with Crippen molar-refractivity contribution in [2.45, 2.75) is 32.7 Å². The smallest absolute Gasteiger partial charge is 0.124 e. The zero-order chi connectivity index (χ0) is 15.2. The monoisotopic (exact) mass is 305 g/mol. The molecule has 0 saturated heterocycles. The first-order valence-electron chi connectivity index (χ1n) is 7.42. The Labute approximate surface area is 131 Å². The van der Waals surface area contributed by atoms with E-state index in [0.717, 1.165) is 30.5 Å². The van der Waals surface area contributed by atoms with Gasteiger partial charge in [0.15, 0.2) is 0 Å². The molecule has 112 valence electrons. The fourth-order valence-corrected chi connectivity index (χ4v) is 2.65. The first-order chi connectivity index (χ1) is 10.2. The summed E-state index contributed by atoms with van der Waals surface area (Å²) in [5.74, 6) is -0.306. The molecule has 0 radical (unpaired) electrons. The maximum absolute atomic E-state index is 13.3. The Hall–Kier alpha value is -1.38. The Kier molecular flexibility index (Phi) is 5.77. The second-order valence-corrected chi connectivity index (χ2v) is 5.56. The van der Waals surface area contributed by atoms with Gasteiger partial charge in [-0.15, -0.1) is 0 Å². The van der Waals surface area contributed by atoms with Gasteiger partial charge in [-0.2, -0.15) is 0 Å². The fraction of sp³-hybridized carbons (Fsp3) is 0.333. The number of rotatable bonds is 6. The summed E-state index contributed by atoms with van der Waals surface area (Å²) in [6, 6.07) is 13.1. The van der Waals surface area contributed by atoms with Gasteiger partial charge < -0.3 is 5.32 Å². The van der Waals surface area contributed by atoms with Crippen LogP contribution in [-0.2, 0) is 6.42 Å². The van der Waals surface area contributed by atoms with Crippen LogP contribution in [0.25, 0.3) is 0 Å². The van der Waals surface area contributed by atoms with Gasteiger partial charge in [-0.3, -0.25) is 0 Å². The van der Waals surface area contributed by atoms with Gasteiger partial charge in [0, 0.05) is 5.02 Å². The molecule has 0 amide bonds.